The molecule has 1 N–H and O–H groups in total. The molecule has 0 saturated carbocycles. The quantitative estimate of drug-likeness (QED) is 0.751. The Balaban J connectivity index is 1.68. The van der Waals surface area contributed by atoms with Crippen molar-refractivity contribution < 1.29 is 4.74 Å². The van der Waals surface area contributed by atoms with Crippen LogP contribution in [0.4, 0.5) is 0 Å². The van der Waals surface area contributed by atoms with Crippen molar-refractivity contribution in [1.82, 2.24) is 15.1 Å². The van der Waals surface area contributed by atoms with E-state index < -0.39 is 0 Å². The maximum Gasteiger partial charge on any atom is 0.0707 e. The van der Waals surface area contributed by atoms with Gasteiger partial charge in [-0.25, -0.2) is 0 Å². The summed E-state index contributed by atoms with van der Waals surface area (Å²) in [5.41, 5.74) is 0. The topological polar surface area (TPSA) is 27.7 Å². The summed E-state index contributed by atoms with van der Waals surface area (Å²) in [7, 11) is 4.25. The first-order chi connectivity index (χ1) is 9.22. The normalized spacial score (nSPS) is 32.5. The van der Waals surface area contributed by atoms with Crippen LogP contribution in [0.2, 0.25) is 0 Å². The number of hydrogen-bond acceptors (Lipinski definition) is 4. The molecule has 2 saturated heterocycles. The van der Waals surface area contributed by atoms with E-state index in [9.17, 15) is 0 Å². The Morgan fingerprint density at radius 2 is 2.00 bits per heavy atom. The molecule has 2 heterocycles. The Hall–Kier alpha value is -0.160. The second kappa shape index (κ2) is 7.58. The monoisotopic (exact) mass is 269 g/mol. The van der Waals surface area contributed by atoms with Crippen molar-refractivity contribution in [2.24, 2.45) is 0 Å². The van der Waals surface area contributed by atoms with Gasteiger partial charge < -0.3 is 15.0 Å². The Labute approximate surface area is 118 Å². The fourth-order valence-corrected chi connectivity index (χ4v) is 3.59. The number of likely N-dealkylation sites (tertiary alicyclic amines) is 1. The van der Waals surface area contributed by atoms with E-state index in [2.05, 4.69) is 29.1 Å². The Kier molecular flexibility index (Phi) is 6.07. The van der Waals surface area contributed by atoms with Crippen molar-refractivity contribution in [2.45, 2.75) is 50.9 Å². The van der Waals surface area contributed by atoms with E-state index in [0.717, 1.165) is 19.1 Å². The molecule has 0 aromatic rings. The highest BCUT2D eigenvalue weighted by Crippen LogP contribution is 2.21. The lowest BCUT2D eigenvalue weighted by Crippen LogP contribution is -2.41. The molecular weight excluding hydrogens is 238 g/mol. The zero-order valence-electron chi connectivity index (χ0n) is 12.9. The molecule has 0 bridgehead atoms. The summed E-state index contributed by atoms with van der Waals surface area (Å²) in [6, 6.07) is 0.768. The zero-order valence-corrected chi connectivity index (χ0v) is 12.9. The van der Waals surface area contributed by atoms with Crippen LogP contribution in [0, 0.1) is 0 Å². The first-order valence-corrected chi connectivity index (χ1v) is 7.95. The first kappa shape index (κ1) is 15.2. The van der Waals surface area contributed by atoms with Gasteiger partial charge in [0.15, 0.2) is 0 Å². The third-order valence-corrected chi connectivity index (χ3v) is 4.57. The van der Waals surface area contributed by atoms with Crippen molar-refractivity contribution in [3.05, 3.63) is 0 Å². The van der Waals surface area contributed by atoms with Crippen molar-refractivity contribution in [1.29, 1.82) is 0 Å². The molecule has 0 aromatic heterocycles. The molecule has 2 aliphatic rings. The third-order valence-electron chi connectivity index (χ3n) is 4.57. The van der Waals surface area contributed by atoms with Crippen molar-refractivity contribution in [3.8, 4) is 0 Å². The van der Waals surface area contributed by atoms with Crippen molar-refractivity contribution >= 4 is 0 Å². The number of hydrogen-bond donors (Lipinski definition) is 1. The van der Waals surface area contributed by atoms with E-state index in [4.69, 9.17) is 4.74 Å². The van der Waals surface area contributed by atoms with Gasteiger partial charge in [-0.3, -0.25) is 4.90 Å². The number of rotatable bonds is 7. The SMILES string of the molecule is CCN1CCCC1CN(C)CC1CCC(CNC)O1. The van der Waals surface area contributed by atoms with E-state index in [1.54, 1.807) is 0 Å². The average Bonchev–Trinajstić information content (AvgIpc) is 2.99. The molecular formula is C15H31N3O. The standard InChI is InChI=1S/C15H31N3O/c1-4-18-9-5-6-13(18)11-17(3)12-15-8-7-14(19-15)10-16-2/h13-16H,4-12H2,1-3H3. The predicted molar refractivity (Wildman–Crippen MR) is 79.6 cm³/mol. The fourth-order valence-electron chi connectivity index (χ4n) is 3.59. The highest BCUT2D eigenvalue weighted by Gasteiger charge is 2.28. The van der Waals surface area contributed by atoms with Gasteiger partial charge in [-0.15, -0.1) is 0 Å². The van der Waals surface area contributed by atoms with Crippen LogP contribution in [0.25, 0.3) is 0 Å². The summed E-state index contributed by atoms with van der Waals surface area (Å²) >= 11 is 0. The van der Waals surface area contributed by atoms with E-state index in [1.807, 2.05) is 7.05 Å². The summed E-state index contributed by atoms with van der Waals surface area (Å²) in [4.78, 5) is 5.10. The second-order valence-electron chi connectivity index (χ2n) is 6.16. The highest BCUT2D eigenvalue weighted by atomic mass is 16.5. The Bertz CT molecular complexity index is 262. The van der Waals surface area contributed by atoms with Gasteiger partial charge in [0.2, 0.25) is 0 Å². The van der Waals surface area contributed by atoms with E-state index in [-0.39, 0.29) is 0 Å². The maximum atomic E-state index is 6.07. The molecule has 2 fully saturated rings. The second-order valence-corrected chi connectivity index (χ2v) is 6.16. The molecule has 3 unspecified atom stereocenters. The lowest BCUT2D eigenvalue weighted by Gasteiger charge is -2.29. The number of nitrogens with one attached hydrogen (secondary N) is 1. The summed E-state index contributed by atoms with van der Waals surface area (Å²) in [6.07, 6.45) is 6.05. The highest BCUT2D eigenvalue weighted by molar-refractivity contribution is 4.82. The zero-order chi connectivity index (χ0) is 13.7. The van der Waals surface area contributed by atoms with E-state index >= 15 is 0 Å². The van der Waals surface area contributed by atoms with Crippen LogP contribution < -0.4 is 5.32 Å². The number of ether oxygens (including phenoxy) is 1. The first-order valence-electron chi connectivity index (χ1n) is 7.95. The molecule has 0 aliphatic carbocycles. The smallest absolute Gasteiger partial charge is 0.0707 e. The van der Waals surface area contributed by atoms with Gasteiger partial charge in [0, 0.05) is 25.7 Å². The molecule has 112 valence electrons. The summed E-state index contributed by atoms with van der Waals surface area (Å²) in [5, 5.41) is 3.21. The van der Waals surface area contributed by atoms with Crippen LogP contribution in [0.15, 0.2) is 0 Å². The largest absolute Gasteiger partial charge is 0.372 e. The average molecular weight is 269 g/mol. The molecule has 4 heteroatoms. The van der Waals surface area contributed by atoms with E-state index in [0.29, 0.717) is 12.2 Å². The molecule has 0 spiro atoms. The van der Waals surface area contributed by atoms with Gasteiger partial charge in [-0.05, 0) is 52.9 Å². The molecule has 0 aromatic carbocycles. The summed E-state index contributed by atoms with van der Waals surface area (Å²) in [6.45, 7) is 8.05. The van der Waals surface area contributed by atoms with E-state index in [1.165, 1.54) is 45.3 Å². The van der Waals surface area contributed by atoms with Crippen molar-refractivity contribution in [3.63, 3.8) is 0 Å². The molecule has 19 heavy (non-hydrogen) atoms. The molecule has 3 atom stereocenters. The minimum atomic E-state index is 0.432. The van der Waals surface area contributed by atoms with Gasteiger partial charge in [-0.2, -0.15) is 0 Å². The lowest BCUT2D eigenvalue weighted by atomic mass is 10.1. The minimum absolute atomic E-state index is 0.432. The van der Waals surface area contributed by atoms with Crippen molar-refractivity contribution in [2.75, 3.05) is 46.8 Å². The molecule has 0 radical (unpaired) electrons. The van der Waals surface area contributed by atoms with Gasteiger partial charge >= 0.3 is 0 Å². The Morgan fingerprint density at radius 3 is 2.74 bits per heavy atom. The number of nitrogens with zero attached hydrogens (tertiary/aromatic N) is 2. The molecule has 2 aliphatic heterocycles. The van der Waals surface area contributed by atoms with Crippen LogP contribution in [0.5, 0.6) is 0 Å². The summed E-state index contributed by atoms with van der Waals surface area (Å²) < 4.78 is 6.07. The molecule has 4 nitrogen and oxygen atoms in total. The predicted octanol–water partition coefficient (Wildman–Crippen LogP) is 1.17. The van der Waals surface area contributed by atoms with Gasteiger partial charge in [0.25, 0.3) is 0 Å². The Morgan fingerprint density at radius 1 is 1.21 bits per heavy atom. The maximum absolute atomic E-state index is 6.07. The minimum Gasteiger partial charge on any atom is -0.372 e. The van der Waals surface area contributed by atoms with Crippen LogP contribution in [-0.2, 0) is 4.74 Å². The lowest BCUT2D eigenvalue weighted by molar-refractivity contribution is 0.0252. The van der Waals surface area contributed by atoms with Gasteiger partial charge in [0.1, 0.15) is 0 Å². The van der Waals surface area contributed by atoms with Gasteiger partial charge in [-0.1, -0.05) is 6.92 Å². The van der Waals surface area contributed by atoms with Crippen LogP contribution in [0.3, 0.4) is 0 Å². The third kappa shape index (κ3) is 4.42. The summed E-state index contributed by atoms with van der Waals surface area (Å²) in [5.74, 6) is 0. The van der Waals surface area contributed by atoms with Crippen LogP contribution >= 0.6 is 0 Å². The number of likely N-dealkylation sites (N-methyl/N-ethyl adjacent to an activating group) is 3. The fraction of sp³-hybridized carbons (Fsp3) is 1.00. The van der Waals surface area contributed by atoms with Crippen LogP contribution in [-0.4, -0.2) is 74.9 Å². The molecule has 2 rings (SSSR count). The van der Waals surface area contributed by atoms with Crippen LogP contribution in [0.1, 0.15) is 32.6 Å². The molecule has 0 amide bonds. The van der Waals surface area contributed by atoms with Gasteiger partial charge in [0.05, 0.1) is 12.2 Å².